The maximum atomic E-state index is 13.8. The van der Waals surface area contributed by atoms with Gasteiger partial charge in [-0.1, -0.05) is 30.3 Å². The molecule has 0 aromatic heterocycles. The second-order valence-corrected chi connectivity index (χ2v) is 8.19. The monoisotopic (exact) mass is 428 g/mol. The molecule has 0 spiro atoms. The van der Waals surface area contributed by atoms with Gasteiger partial charge in [0.25, 0.3) is 10.0 Å². The first kappa shape index (κ1) is 21.3. The van der Waals surface area contributed by atoms with E-state index in [0.717, 1.165) is 17.4 Å². The zero-order valence-electron chi connectivity index (χ0n) is 16.3. The van der Waals surface area contributed by atoms with Crippen LogP contribution in [0.3, 0.4) is 0 Å². The SMILES string of the molecule is COc1ccc(CCC(=O)Nc2cccc(S(=O)(=O)Nc3ccccc3F)c2)cc1. The fourth-order valence-corrected chi connectivity index (χ4v) is 3.87. The minimum absolute atomic E-state index is 0.0845. The summed E-state index contributed by atoms with van der Waals surface area (Å²) < 4.78 is 46.2. The van der Waals surface area contributed by atoms with Gasteiger partial charge in [-0.05, 0) is 54.4 Å². The third kappa shape index (κ3) is 5.57. The van der Waals surface area contributed by atoms with Crippen molar-refractivity contribution in [2.75, 3.05) is 17.1 Å². The zero-order valence-corrected chi connectivity index (χ0v) is 17.1. The number of rotatable bonds is 8. The van der Waals surface area contributed by atoms with Crippen molar-refractivity contribution in [3.63, 3.8) is 0 Å². The van der Waals surface area contributed by atoms with E-state index in [4.69, 9.17) is 4.74 Å². The molecule has 0 aliphatic heterocycles. The molecular weight excluding hydrogens is 407 g/mol. The van der Waals surface area contributed by atoms with Crippen LogP contribution in [0.1, 0.15) is 12.0 Å². The Morgan fingerprint density at radius 2 is 1.73 bits per heavy atom. The van der Waals surface area contributed by atoms with E-state index in [9.17, 15) is 17.6 Å². The Hall–Kier alpha value is -3.39. The van der Waals surface area contributed by atoms with Crippen LogP contribution < -0.4 is 14.8 Å². The number of methoxy groups -OCH3 is 1. The average molecular weight is 428 g/mol. The lowest BCUT2D eigenvalue weighted by Gasteiger charge is -2.11. The highest BCUT2D eigenvalue weighted by Crippen LogP contribution is 2.21. The normalized spacial score (nSPS) is 11.0. The lowest BCUT2D eigenvalue weighted by atomic mass is 10.1. The molecule has 3 aromatic carbocycles. The predicted molar refractivity (Wildman–Crippen MR) is 114 cm³/mol. The summed E-state index contributed by atoms with van der Waals surface area (Å²) in [6.07, 6.45) is 0.763. The van der Waals surface area contributed by atoms with Crippen molar-refractivity contribution in [1.82, 2.24) is 0 Å². The van der Waals surface area contributed by atoms with Gasteiger partial charge in [0, 0.05) is 12.1 Å². The first-order valence-corrected chi connectivity index (χ1v) is 10.7. The minimum Gasteiger partial charge on any atom is -0.497 e. The first-order valence-electron chi connectivity index (χ1n) is 9.17. The van der Waals surface area contributed by atoms with Crippen molar-refractivity contribution in [3.05, 3.63) is 84.2 Å². The largest absolute Gasteiger partial charge is 0.497 e. The van der Waals surface area contributed by atoms with Crippen molar-refractivity contribution in [1.29, 1.82) is 0 Å². The molecule has 0 heterocycles. The molecule has 156 valence electrons. The number of nitrogens with one attached hydrogen (secondary N) is 2. The molecule has 3 aromatic rings. The summed E-state index contributed by atoms with van der Waals surface area (Å²) >= 11 is 0. The quantitative estimate of drug-likeness (QED) is 0.563. The highest BCUT2D eigenvalue weighted by atomic mass is 32.2. The molecule has 0 bridgehead atoms. The number of amides is 1. The maximum absolute atomic E-state index is 13.8. The van der Waals surface area contributed by atoms with Crippen LogP contribution in [-0.2, 0) is 21.2 Å². The molecule has 0 atom stereocenters. The third-order valence-electron chi connectivity index (χ3n) is 4.35. The lowest BCUT2D eigenvalue weighted by molar-refractivity contribution is -0.116. The van der Waals surface area contributed by atoms with Gasteiger partial charge in [-0.25, -0.2) is 12.8 Å². The Morgan fingerprint density at radius 3 is 2.43 bits per heavy atom. The van der Waals surface area contributed by atoms with E-state index >= 15 is 0 Å². The molecule has 0 aliphatic rings. The van der Waals surface area contributed by atoms with Gasteiger partial charge in [0.15, 0.2) is 0 Å². The topological polar surface area (TPSA) is 84.5 Å². The molecule has 30 heavy (non-hydrogen) atoms. The second-order valence-electron chi connectivity index (χ2n) is 6.51. The number of carbonyl (C=O) groups excluding carboxylic acids is 1. The van der Waals surface area contributed by atoms with Crippen LogP contribution in [0, 0.1) is 5.82 Å². The average Bonchev–Trinajstić information content (AvgIpc) is 2.74. The number of hydrogen-bond donors (Lipinski definition) is 2. The van der Waals surface area contributed by atoms with Gasteiger partial charge in [-0.2, -0.15) is 0 Å². The van der Waals surface area contributed by atoms with Gasteiger partial charge in [0.2, 0.25) is 5.91 Å². The molecule has 0 saturated heterocycles. The van der Waals surface area contributed by atoms with E-state index in [1.165, 1.54) is 36.4 Å². The fourth-order valence-electron chi connectivity index (χ4n) is 2.76. The molecular formula is C22H21FN2O4S. The van der Waals surface area contributed by atoms with Gasteiger partial charge >= 0.3 is 0 Å². The summed E-state index contributed by atoms with van der Waals surface area (Å²) in [6.45, 7) is 0. The number of aryl methyl sites for hydroxylation is 1. The van der Waals surface area contributed by atoms with E-state index < -0.39 is 15.8 Å². The molecule has 8 heteroatoms. The summed E-state index contributed by atoms with van der Waals surface area (Å²) in [5.74, 6) is -0.184. The zero-order chi connectivity index (χ0) is 21.6. The minimum atomic E-state index is -4.01. The molecule has 6 nitrogen and oxygen atoms in total. The predicted octanol–water partition coefficient (Wildman–Crippen LogP) is 4.21. The van der Waals surface area contributed by atoms with Crippen LogP contribution in [0.25, 0.3) is 0 Å². The van der Waals surface area contributed by atoms with Crippen LogP contribution >= 0.6 is 0 Å². The lowest BCUT2D eigenvalue weighted by Crippen LogP contribution is -2.15. The van der Waals surface area contributed by atoms with E-state index in [1.807, 2.05) is 24.3 Å². The number of ether oxygens (including phenoxy) is 1. The van der Waals surface area contributed by atoms with Gasteiger partial charge in [-0.15, -0.1) is 0 Å². The van der Waals surface area contributed by atoms with Crippen molar-refractivity contribution in [2.24, 2.45) is 0 Å². The van der Waals surface area contributed by atoms with Crippen molar-refractivity contribution in [2.45, 2.75) is 17.7 Å². The van der Waals surface area contributed by atoms with Crippen LogP contribution in [0.4, 0.5) is 15.8 Å². The Balaban J connectivity index is 1.64. The molecule has 1 amide bonds. The molecule has 3 rings (SSSR count). The molecule has 0 saturated carbocycles. The summed E-state index contributed by atoms with van der Waals surface area (Å²) in [6, 6.07) is 18.7. The Labute approximate surface area is 174 Å². The van der Waals surface area contributed by atoms with Gasteiger partial charge in [0.05, 0.1) is 17.7 Å². The summed E-state index contributed by atoms with van der Waals surface area (Å²) in [7, 11) is -2.42. The summed E-state index contributed by atoms with van der Waals surface area (Å²) in [5.41, 5.74) is 1.17. The van der Waals surface area contributed by atoms with E-state index in [-0.39, 0.29) is 22.9 Å². The molecule has 0 radical (unpaired) electrons. The van der Waals surface area contributed by atoms with Crippen molar-refractivity contribution in [3.8, 4) is 5.75 Å². The van der Waals surface area contributed by atoms with Crippen LogP contribution in [0.5, 0.6) is 5.75 Å². The smallest absolute Gasteiger partial charge is 0.262 e. The Kier molecular flexibility index (Phi) is 6.68. The Morgan fingerprint density at radius 1 is 1.00 bits per heavy atom. The first-order chi connectivity index (χ1) is 14.4. The standard InChI is InChI=1S/C22H21FN2O4S/c1-29-18-12-9-16(10-13-18)11-14-22(26)24-17-5-4-6-19(15-17)30(27,28)25-21-8-3-2-7-20(21)23/h2-10,12-13,15,25H,11,14H2,1H3,(H,24,26). The van der Waals surface area contributed by atoms with Crippen LogP contribution in [0.2, 0.25) is 0 Å². The Bertz CT molecular complexity index is 1130. The number of carbonyl (C=O) groups is 1. The third-order valence-corrected chi connectivity index (χ3v) is 5.71. The molecule has 0 aliphatic carbocycles. The second kappa shape index (κ2) is 9.41. The van der Waals surface area contributed by atoms with E-state index in [1.54, 1.807) is 13.2 Å². The fraction of sp³-hybridized carbons (Fsp3) is 0.136. The van der Waals surface area contributed by atoms with E-state index in [0.29, 0.717) is 12.1 Å². The van der Waals surface area contributed by atoms with Crippen molar-refractivity contribution < 1.29 is 22.3 Å². The highest BCUT2D eigenvalue weighted by Gasteiger charge is 2.17. The van der Waals surface area contributed by atoms with Crippen LogP contribution in [0.15, 0.2) is 77.7 Å². The number of benzene rings is 3. The van der Waals surface area contributed by atoms with Gasteiger partial charge in [0.1, 0.15) is 11.6 Å². The maximum Gasteiger partial charge on any atom is 0.262 e. The molecule has 0 fully saturated rings. The van der Waals surface area contributed by atoms with Gasteiger partial charge in [-0.3, -0.25) is 9.52 Å². The molecule has 0 unspecified atom stereocenters. The van der Waals surface area contributed by atoms with E-state index in [2.05, 4.69) is 10.0 Å². The van der Waals surface area contributed by atoms with Crippen LogP contribution in [-0.4, -0.2) is 21.4 Å². The summed E-state index contributed by atoms with van der Waals surface area (Å²) in [5, 5.41) is 2.69. The highest BCUT2D eigenvalue weighted by molar-refractivity contribution is 7.92. The summed E-state index contributed by atoms with van der Waals surface area (Å²) in [4.78, 5) is 12.2. The number of anilines is 2. The van der Waals surface area contributed by atoms with Gasteiger partial charge < -0.3 is 10.1 Å². The number of sulfonamides is 1. The number of hydrogen-bond acceptors (Lipinski definition) is 4. The molecule has 2 N–H and O–H groups in total. The number of halogens is 1. The number of para-hydroxylation sites is 1. The van der Waals surface area contributed by atoms with Crippen molar-refractivity contribution >= 4 is 27.3 Å².